The van der Waals surface area contributed by atoms with Crippen molar-refractivity contribution in [3.8, 4) is 0 Å². The summed E-state index contributed by atoms with van der Waals surface area (Å²) in [7, 11) is 0. The predicted octanol–water partition coefficient (Wildman–Crippen LogP) is 3.67. The Kier molecular flexibility index (Phi) is 5.49. The predicted molar refractivity (Wildman–Crippen MR) is 107 cm³/mol. The third kappa shape index (κ3) is 3.83. The van der Waals surface area contributed by atoms with E-state index >= 15 is 0 Å². The number of aryl methyl sites for hydroxylation is 1. The fourth-order valence-electron chi connectivity index (χ4n) is 4.67. The minimum Gasteiger partial charge on any atom is -0.367 e. The zero-order valence-corrected chi connectivity index (χ0v) is 16.3. The van der Waals surface area contributed by atoms with Gasteiger partial charge in [-0.2, -0.15) is 0 Å². The summed E-state index contributed by atoms with van der Waals surface area (Å²) >= 11 is 0. The van der Waals surface area contributed by atoms with Gasteiger partial charge in [0.05, 0.1) is 5.69 Å². The van der Waals surface area contributed by atoms with Gasteiger partial charge in [-0.15, -0.1) is 0 Å². The van der Waals surface area contributed by atoms with E-state index in [1.807, 2.05) is 17.9 Å². The Balaban J connectivity index is 1.36. The van der Waals surface area contributed by atoms with Crippen molar-refractivity contribution in [1.29, 1.82) is 0 Å². The van der Waals surface area contributed by atoms with E-state index in [1.165, 1.54) is 12.1 Å². The summed E-state index contributed by atoms with van der Waals surface area (Å²) < 4.78 is 27.2. The summed E-state index contributed by atoms with van der Waals surface area (Å²) in [5.41, 5.74) is 2.41. The Bertz CT molecular complexity index is 890. The summed E-state index contributed by atoms with van der Waals surface area (Å²) in [4.78, 5) is 19.7. The van der Waals surface area contributed by atoms with Gasteiger partial charge in [0, 0.05) is 55.5 Å². The van der Waals surface area contributed by atoms with Crippen molar-refractivity contribution in [3.05, 3.63) is 63.6 Å². The molecule has 0 amide bonds. The van der Waals surface area contributed by atoms with Gasteiger partial charge >= 0.3 is 0 Å². The van der Waals surface area contributed by atoms with E-state index in [-0.39, 0.29) is 5.56 Å². The van der Waals surface area contributed by atoms with E-state index in [0.29, 0.717) is 17.6 Å². The third-order valence-corrected chi connectivity index (χ3v) is 6.32. The fourth-order valence-corrected chi connectivity index (χ4v) is 4.67. The second-order valence-corrected chi connectivity index (χ2v) is 7.90. The number of piperazine rings is 1. The van der Waals surface area contributed by atoms with Crippen molar-refractivity contribution in [1.82, 2.24) is 9.88 Å². The van der Waals surface area contributed by atoms with E-state index in [9.17, 15) is 13.6 Å². The molecular formula is C22H27F2N3O. The second kappa shape index (κ2) is 8.03. The fraction of sp³-hybridized carbons (Fsp3) is 0.500. The molecule has 1 aromatic heterocycles. The number of rotatable bonds is 4. The third-order valence-electron chi connectivity index (χ3n) is 6.32. The number of nitrogens with zero attached hydrogens (tertiary/aromatic N) is 2. The minimum atomic E-state index is -0.540. The lowest BCUT2D eigenvalue weighted by Gasteiger charge is -2.39. The van der Waals surface area contributed by atoms with E-state index in [0.717, 1.165) is 69.2 Å². The second-order valence-electron chi connectivity index (χ2n) is 7.90. The number of nitrogens with one attached hydrogen (secondary N) is 1. The molecule has 2 aliphatic rings. The molecule has 1 saturated carbocycles. The van der Waals surface area contributed by atoms with Crippen LogP contribution in [-0.2, 0) is 6.42 Å². The first-order valence-electron chi connectivity index (χ1n) is 10.2. The van der Waals surface area contributed by atoms with Crippen LogP contribution in [0, 0.1) is 11.6 Å². The molecule has 2 heterocycles. The standard InChI is InChI=1S/C22H27F2N3O/c1-2-15-4-7-20(25-22(15)28)16-3-6-18(13-16)26-9-11-27(12-10-26)21-8-5-17(23)14-19(21)24/h4-5,7-8,14,16,18H,2-3,6,9-13H2,1H3,(H,25,28)/t16-,18+/m1/s1. The number of halogens is 2. The zero-order valence-electron chi connectivity index (χ0n) is 16.3. The summed E-state index contributed by atoms with van der Waals surface area (Å²) in [5, 5.41) is 0. The normalized spacial score (nSPS) is 23.3. The molecule has 28 heavy (non-hydrogen) atoms. The summed E-state index contributed by atoms with van der Waals surface area (Å²) in [6, 6.07) is 8.33. The molecule has 0 unspecified atom stereocenters. The summed E-state index contributed by atoms with van der Waals surface area (Å²) in [6.45, 7) is 5.23. The molecule has 1 aromatic carbocycles. The van der Waals surface area contributed by atoms with Crippen LogP contribution in [0.1, 0.15) is 43.4 Å². The van der Waals surface area contributed by atoms with Crippen LogP contribution in [0.25, 0.3) is 0 Å². The smallest absolute Gasteiger partial charge is 0.251 e. The molecule has 2 aromatic rings. The molecule has 1 N–H and O–H groups in total. The maximum absolute atomic E-state index is 14.0. The van der Waals surface area contributed by atoms with Gasteiger partial charge in [0.15, 0.2) is 0 Å². The van der Waals surface area contributed by atoms with Gasteiger partial charge in [-0.05, 0) is 43.9 Å². The highest BCUT2D eigenvalue weighted by Crippen LogP contribution is 2.36. The molecule has 150 valence electrons. The molecule has 1 aliphatic heterocycles. The Morgan fingerprint density at radius 3 is 2.54 bits per heavy atom. The van der Waals surface area contributed by atoms with Gasteiger partial charge in [-0.1, -0.05) is 13.0 Å². The van der Waals surface area contributed by atoms with Gasteiger partial charge in [-0.25, -0.2) is 8.78 Å². The van der Waals surface area contributed by atoms with Crippen molar-refractivity contribution < 1.29 is 8.78 Å². The van der Waals surface area contributed by atoms with Crippen molar-refractivity contribution in [2.24, 2.45) is 0 Å². The number of hydrogen-bond acceptors (Lipinski definition) is 3. The van der Waals surface area contributed by atoms with Crippen molar-refractivity contribution in [2.75, 3.05) is 31.1 Å². The molecule has 4 nitrogen and oxygen atoms in total. The lowest BCUT2D eigenvalue weighted by molar-refractivity contribution is 0.186. The maximum Gasteiger partial charge on any atom is 0.251 e. The average Bonchev–Trinajstić information content (AvgIpc) is 3.18. The number of H-pyrrole nitrogens is 1. The first-order chi connectivity index (χ1) is 13.5. The van der Waals surface area contributed by atoms with Crippen LogP contribution in [0.3, 0.4) is 0 Å². The number of aromatic amines is 1. The van der Waals surface area contributed by atoms with Crippen LogP contribution in [0.5, 0.6) is 0 Å². The van der Waals surface area contributed by atoms with E-state index in [4.69, 9.17) is 0 Å². The van der Waals surface area contributed by atoms with Crippen LogP contribution in [-0.4, -0.2) is 42.1 Å². The van der Waals surface area contributed by atoms with Crippen LogP contribution in [0.15, 0.2) is 35.1 Å². The lowest BCUT2D eigenvalue weighted by Crippen LogP contribution is -2.50. The molecular weight excluding hydrogens is 360 g/mol. The summed E-state index contributed by atoms with van der Waals surface area (Å²) in [5.74, 6) is -0.632. The SMILES string of the molecule is CCc1ccc([C@@H]2CC[C@H](N3CCN(c4ccc(F)cc4F)CC3)C2)[nH]c1=O. The number of benzene rings is 1. The highest BCUT2D eigenvalue weighted by atomic mass is 19.1. The Hall–Kier alpha value is -2.21. The largest absolute Gasteiger partial charge is 0.367 e. The molecule has 0 bridgehead atoms. The minimum absolute atomic E-state index is 0.0402. The van der Waals surface area contributed by atoms with E-state index in [1.54, 1.807) is 0 Å². The topological polar surface area (TPSA) is 39.3 Å². The number of anilines is 1. The first kappa shape index (κ1) is 19.1. The number of pyridine rings is 1. The van der Waals surface area contributed by atoms with Crippen LogP contribution < -0.4 is 10.5 Å². The molecule has 2 fully saturated rings. The van der Waals surface area contributed by atoms with Crippen molar-refractivity contribution in [3.63, 3.8) is 0 Å². The van der Waals surface area contributed by atoms with Crippen molar-refractivity contribution >= 4 is 5.69 Å². The van der Waals surface area contributed by atoms with Crippen molar-refractivity contribution in [2.45, 2.75) is 44.6 Å². The monoisotopic (exact) mass is 387 g/mol. The molecule has 1 saturated heterocycles. The molecule has 1 aliphatic carbocycles. The number of aromatic nitrogens is 1. The van der Waals surface area contributed by atoms with Gasteiger partial charge in [0.25, 0.3) is 5.56 Å². The van der Waals surface area contributed by atoms with Crippen LogP contribution in [0.4, 0.5) is 14.5 Å². The molecule has 4 rings (SSSR count). The maximum atomic E-state index is 14.0. The van der Waals surface area contributed by atoms with E-state index < -0.39 is 11.6 Å². The molecule has 2 atom stereocenters. The highest BCUT2D eigenvalue weighted by Gasteiger charge is 2.32. The molecule has 0 radical (unpaired) electrons. The average molecular weight is 387 g/mol. The van der Waals surface area contributed by atoms with Gasteiger partial charge in [0.1, 0.15) is 11.6 Å². The number of hydrogen-bond donors (Lipinski definition) is 1. The first-order valence-corrected chi connectivity index (χ1v) is 10.2. The highest BCUT2D eigenvalue weighted by molar-refractivity contribution is 5.48. The van der Waals surface area contributed by atoms with Crippen LogP contribution in [0.2, 0.25) is 0 Å². The zero-order chi connectivity index (χ0) is 19.7. The molecule has 6 heteroatoms. The Morgan fingerprint density at radius 2 is 1.86 bits per heavy atom. The quantitative estimate of drug-likeness (QED) is 0.870. The van der Waals surface area contributed by atoms with Gasteiger partial charge in [0.2, 0.25) is 0 Å². The molecule has 0 spiro atoms. The summed E-state index contributed by atoms with van der Waals surface area (Å²) in [6.07, 6.45) is 4.00. The van der Waals surface area contributed by atoms with Crippen LogP contribution >= 0.6 is 0 Å². The van der Waals surface area contributed by atoms with Gasteiger partial charge in [-0.3, -0.25) is 9.69 Å². The van der Waals surface area contributed by atoms with Gasteiger partial charge < -0.3 is 9.88 Å². The Morgan fingerprint density at radius 1 is 1.07 bits per heavy atom. The lowest BCUT2D eigenvalue weighted by atomic mass is 10.0. The van der Waals surface area contributed by atoms with E-state index in [2.05, 4.69) is 16.0 Å². The Labute approximate surface area is 164 Å².